The largest absolute Gasteiger partial charge is 0.328 e. The van der Waals surface area contributed by atoms with Crippen LogP contribution in [-0.2, 0) is 4.79 Å². The molecule has 1 N–H and O–H groups in total. The molecule has 0 bridgehead atoms. The maximum atomic E-state index is 14.3. The summed E-state index contributed by atoms with van der Waals surface area (Å²) in [4.78, 5) is 27.8. The zero-order chi connectivity index (χ0) is 20.8. The molecule has 2 aromatic carbocycles. The van der Waals surface area contributed by atoms with Crippen LogP contribution in [0.15, 0.2) is 59.8 Å². The van der Waals surface area contributed by atoms with Crippen molar-refractivity contribution in [1.82, 2.24) is 14.8 Å². The van der Waals surface area contributed by atoms with Gasteiger partial charge in [0.25, 0.3) is 5.69 Å². The average Bonchev–Trinajstić information content (AvgIpc) is 3.16. The number of nitrogens with one attached hydrogen (secondary N) is 1. The van der Waals surface area contributed by atoms with Gasteiger partial charge in [-0.3, -0.25) is 14.9 Å². The van der Waals surface area contributed by atoms with E-state index < -0.39 is 16.8 Å². The number of Topliss-reactive ketones (excluding diaryl/α,β-unsaturated/α-hetero) is 1. The number of benzene rings is 2. The van der Waals surface area contributed by atoms with Gasteiger partial charge >= 0.3 is 0 Å². The van der Waals surface area contributed by atoms with E-state index in [1.54, 1.807) is 35.0 Å². The summed E-state index contributed by atoms with van der Waals surface area (Å²) < 4.78 is 15.9. The normalized spacial score (nSPS) is 17.9. The van der Waals surface area contributed by atoms with E-state index in [0.717, 1.165) is 12.1 Å². The quantitative estimate of drug-likeness (QED) is 0.522. The van der Waals surface area contributed by atoms with Crippen LogP contribution in [0, 0.1) is 15.9 Å². The summed E-state index contributed by atoms with van der Waals surface area (Å²) >= 11 is 0. The SMILES string of the molecule is O=C1CCCC2=C1C(c1ccc([N+](=O)[O-])cc1)n1nc(-c3ccccc3F)nc1N2. The van der Waals surface area contributed by atoms with Crippen molar-refractivity contribution in [1.29, 1.82) is 0 Å². The molecule has 30 heavy (non-hydrogen) atoms. The lowest BCUT2D eigenvalue weighted by atomic mass is 9.85. The van der Waals surface area contributed by atoms with Crippen molar-refractivity contribution in [3.63, 3.8) is 0 Å². The number of aromatic nitrogens is 3. The third-order valence-corrected chi connectivity index (χ3v) is 5.40. The summed E-state index contributed by atoms with van der Waals surface area (Å²) in [6.45, 7) is 0. The Morgan fingerprint density at radius 2 is 1.90 bits per heavy atom. The van der Waals surface area contributed by atoms with Crippen LogP contribution in [0.3, 0.4) is 0 Å². The van der Waals surface area contributed by atoms with Crippen molar-refractivity contribution < 1.29 is 14.1 Å². The minimum absolute atomic E-state index is 0.000643. The topological polar surface area (TPSA) is 103 Å². The van der Waals surface area contributed by atoms with Crippen LogP contribution >= 0.6 is 0 Å². The summed E-state index contributed by atoms with van der Waals surface area (Å²) in [6, 6.07) is 11.7. The second-order valence-electron chi connectivity index (χ2n) is 7.23. The predicted octanol–water partition coefficient (Wildman–Crippen LogP) is 4.01. The van der Waals surface area contributed by atoms with E-state index in [2.05, 4.69) is 15.4 Å². The Morgan fingerprint density at radius 1 is 1.13 bits per heavy atom. The number of hydrogen-bond donors (Lipinski definition) is 1. The van der Waals surface area contributed by atoms with Crippen molar-refractivity contribution in [3.05, 3.63) is 81.3 Å². The molecule has 2 aliphatic rings. The van der Waals surface area contributed by atoms with Gasteiger partial charge in [0.15, 0.2) is 11.6 Å². The lowest BCUT2D eigenvalue weighted by molar-refractivity contribution is -0.384. The van der Waals surface area contributed by atoms with E-state index >= 15 is 0 Å². The molecule has 0 radical (unpaired) electrons. The number of halogens is 1. The fourth-order valence-electron chi connectivity index (χ4n) is 4.00. The molecule has 150 valence electrons. The Labute approximate surface area is 170 Å². The van der Waals surface area contributed by atoms with Gasteiger partial charge in [0, 0.05) is 29.8 Å². The first kappa shape index (κ1) is 18.2. The zero-order valence-electron chi connectivity index (χ0n) is 15.7. The molecule has 0 saturated heterocycles. The molecule has 9 heteroatoms. The van der Waals surface area contributed by atoms with Gasteiger partial charge in [0.2, 0.25) is 5.95 Å². The third-order valence-electron chi connectivity index (χ3n) is 5.40. The highest BCUT2D eigenvalue weighted by Crippen LogP contribution is 2.41. The standard InChI is InChI=1S/C21H16FN5O3/c22-15-5-2-1-4-14(15)20-24-21-23-16-6-3-7-17(28)18(16)19(26(21)25-20)12-8-10-13(11-9-12)27(29)30/h1-2,4-5,8-11,19H,3,6-7H2,(H,23,24,25). The minimum atomic E-state index is -0.585. The number of fused-ring (bicyclic) bond motifs is 1. The van der Waals surface area contributed by atoms with Crippen LogP contribution < -0.4 is 5.32 Å². The number of nitro groups is 1. The number of allylic oxidation sites excluding steroid dienone is 2. The van der Waals surface area contributed by atoms with Crippen molar-refractivity contribution in [2.45, 2.75) is 25.3 Å². The number of nitro benzene ring substituents is 1. The molecule has 1 unspecified atom stereocenters. The molecule has 0 spiro atoms. The van der Waals surface area contributed by atoms with Gasteiger partial charge in [-0.1, -0.05) is 12.1 Å². The summed E-state index contributed by atoms with van der Waals surface area (Å²) in [7, 11) is 0. The predicted molar refractivity (Wildman–Crippen MR) is 106 cm³/mol. The first-order valence-electron chi connectivity index (χ1n) is 9.52. The maximum Gasteiger partial charge on any atom is 0.269 e. The Morgan fingerprint density at radius 3 is 2.63 bits per heavy atom. The van der Waals surface area contributed by atoms with E-state index in [1.165, 1.54) is 18.2 Å². The number of ketones is 1. The molecule has 0 saturated carbocycles. The first-order chi connectivity index (χ1) is 14.5. The van der Waals surface area contributed by atoms with Crippen molar-refractivity contribution in [2.24, 2.45) is 0 Å². The van der Waals surface area contributed by atoms with Crippen molar-refractivity contribution in [2.75, 3.05) is 5.32 Å². The van der Waals surface area contributed by atoms with Crippen LogP contribution in [0.25, 0.3) is 11.4 Å². The molecule has 2 heterocycles. The molecule has 8 nitrogen and oxygen atoms in total. The lowest BCUT2D eigenvalue weighted by Crippen LogP contribution is -2.31. The minimum Gasteiger partial charge on any atom is -0.328 e. The van der Waals surface area contributed by atoms with Crippen LogP contribution in [0.4, 0.5) is 16.0 Å². The first-order valence-corrected chi connectivity index (χ1v) is 9.52. The molecule has 3 aromatic rings. The van der Waals surface area contributed by atoms with Gasteiger partial charge in [-0.25, -0.2) is 9.07 Å². The Balaban J connectivity index is 1.67. The fourth-order valence-corrected chi connectivity index (χ4v) is 4.00. The fraction of sp³-hybridized carbons (Fsp3) is 0.190. The number of hydrogen-bond acceptors (Lipinski definition) is 6. The van der Waals surface area contributed by atoms with Crippen LogP contribution in [-0.4, -0.2) is 25.5 Å². The Kier molecular flexibility index (Phi) is 4.16. The number of nitrogens with zero attached hydrogens (tertiary/aromatic N) is 4. The van der Waals surface area contributed by atoms with E-state index in [9.17, 15) is 19.3 Å². The summed E-state index contributed by atoms with van der Waals surface area (Å²) in [6.07, 6.45) is 1.84. The van der Waals surface area contributed by atoms with E-state index in [-0.39, 0.29) is 22.9 Å². The second kappa shape index (κ2) is 6.87. The highest BCUT2D eigenvalue weighted by Gasteiger charge is 2.37. The van der Waals surface area contributed by atoms with Crippen LogP contribution in [0.2, 0.25) is 0 Å². The third kappa shape index (κ3) is 2.86. The number of carbonyl (C=O) groups is 1. The summed E-state index contributed by atoms with van der Waals surface area (Å²) in [5, 5.41) is 18.7. The van der Waals surface area contributed by atoms with Crippen molar-refractivity contribution >= 4 is 17.4 Å². The molecule has 1 aliphatic heterocycles. The molecule has 1 atom stereocenters. The average molecular weight is 405 g/mol. The molecular weight excluding hydrogens is 389 g/mol. The molecule has 0 amide bonds. The number of carbonyl (C=O) groups excluding carboxylic acids is 1. The van der Waals surface area contributed by atoms with E-state index in [4.69, 9.17) is 0 Å². The molecule has 5 rings (SSSR count). The van der Waals surface area contributed by atoms with E-state index in [0.29, 0.717) is 29.9 Å². The number of rotatable bonds is 3. The van der Waals surface area contributed by atoms with Crippen LogP contribution in [0.1, 0.15) is 30.9 Å². The molecular formula is C21H16FN5O3. The van der Waals surface area contributed by atoms with E-state index in [1.807, 2.05) is 0 Å². The van der Waals surface area contributed by atoms with Gasteiger partial charge in [0.05, 0.1) is 10.5 Å². The number of anilines is 1. The van der Waals surface area contributed by atoms with Gasteiger partial charge in [-0.15, -0.1) is 5.10 Å². The summed E-state index contributed by atoms with van der Waals surface area (Å²) in [5.74, 6) is 0.168. The smallest absolute Gasteiger partial charge is 0.269 e. The van der Waals surface area contributed by atoms with Gasteiger partial charge in [0.1, 0.15) is 11.9 Å². The zero-order valence-corrected chi connectivity index (χ0v) is 15.7. The lowest BCUT2D eigenvalue weighted by Gasteiger charge is -2.32. The van der Waals surface area contributed by atoms with Gasteiger partial charge in [-0.05, 0) is 42.7 Å². The highest BCUT2D eigenvalue weighted by molar-refractivity contribution is 5.99. The van der Waals surface area contributed by atoms with Crippen molar-refractivity contribution in [3.8, 4) is 11.4 Å². The summed E-state index contributed by atoms with van der Waals surface area (Å²) in [5.41, 5.74) is 2.24. The maximum absolute atomic E-state index is 14.3. The highest BCUT2D eigenvalue weighted by atomic mass is 19.1. The molecule has 1 aromatic heterocycles. The Hall–Kier alpha value is -3.88. The van der Waals surface area contributed by atoms with Gasteiger partial charge in [-0.2, -0.15) is 4.98 Å². The number of non-ortho nitro benzene ring substituents is 1. The van der Waals surface area contributed by atoms with Gasteiger partial charge < -0.3 is 5.32 Å². The monoisotopic (exact) mass is 405 g/mol. The Bertz CT molecular complexity index is 1220. The second-order valence-corrected chi connectivity index (χ2v) is 7.23. The molecule has 0 fully saturated rings. The van der Waals surface area contributed by atoms with Crippen LogP contribution in [0.5, 0.6) is 0 Å². The molecule has 1 aliphatic carbocycles.